The van der Waals surface area contributed by atoms with E-state index in [1.54, 1.807) is 48.8 Å². The van der Waals surface area contributed by atoms with Crippen molar-refractivity contribution in [3.63, 3.8) is 0 Å². The van der Waals surface area contributed by atoms with Crippen LogP contribution in [-0.2, 0) is 6.18 Å². The van der Waals surface area contributed by atoms with Gasteiger partial charge in [-0.1, -0.05) is 103 Å². The van der Waals surface area contributed by atoms with Gasteiger partial charge in [0, 0.05) is 45.1 Å². The molecule has 10 heteroatoms. The Kier molecular flexibility index (Phi) is 10.7. The second-order valence-corrected chi connectivity index (χ2v) is 17.9. The number of nitriles is 4. The average molecular weight is 958 g/mol. The van der Waals surface area contributed by atoms with E-state index in [2.05, 4.69) is 46.0 Å². The minimum atomic E-state index is -4.71. The summed E-state index contributed by atoms with van der Waals surface area (Å²) in [5, 5.41) is 43.6. The fourth-order valence-corrected chi connectivity index (χ4v) is 10.5. The van der Waals surface area contributed by atoms with Crippen molar-refractivity contribution in [1.29, 1.82) is 21.0 Å². The van der Waals surface area contributed by atoms with Gasteiger partial charge in [-0.25, -0.2) is 0 Å². The monoisotopic (exact) mass is 957 g/mol. The summed E-state index contributed by atoms with van der Waals surface area (Å²) < 4.78 is 49.4. The van der Waals surface area contributed by atoms with Gasteiger partial charge in [-0.15, -0.1) is 0 Å². The quantitative estimate of drug-likeness (QED) is 0.158. The van der Waals surface area contributed by atoms with Crippen LogP contribution < -0.4 is 0 Å². The lowest BCUT2D eigenvalue weighted by Crippen LogP contribution is -2.08. The molecule has 0 bridgehead atoms. The van der Waals surface area contributed by atoms with E-state index in [4.69, 9.17) is 0 Å². The Morgan fingerprint density at radius 3 is 1.05 bits per heavy atom. The summed E-state index contributed by atoms with van der Waals surface area (Å²) in [7, 11) is 0. The van der Waals surface area contributed by atoms with Crippen LogP contribution in [0, 0.1) is 45.3 Å². The number of hydrogen-bond acceptors (Lipinski definition) is 5. The largest absolute Gasteiger partial charge is 0.416 e. The molecular weight excluding hydrogens is 924 g/mol. The third kappa shape index (κ3) is 7.30. The second kappa shape index (κ2) is 17.7. The van der Waals surface area contributed by atoms with E-state index >= 15 is 13.2 Å². The molecule has 0 saturated heterocycles. The molecule has 0 spiro atoms. The van der Waals surface area contributed by atoms with E-state index < -0.39 is 11.7 Å². The van der Waals surface area contributed by atoms with Gasteiger partial charge in [-0.2, -0.15) is 34.2 Å². The van der Waals surface area contributed by atoms with E-state index in [1.165, 1.54) is 12.1 Å². The summed E-state index contributed by atoms with van der Waals surface area (Å²) in [5.41, 5.74) is 11.9. The molecule has 0 saturated carbocycles. The Labute approximate surface area is 422 Å². The topological polar surface area (TPSA) is 118 Å². The van der Waals surface area contributed by atoms with Crippen LogP contribution in [0.1, 0.15) is 27.8 Å². The predicted octanol–water partition coefficient (Wildman–Crippen LogP) is 16.1. The number of aromatic nitrogens is 3. The molecule has 346 valence electrons. The van der Waals surface area contributed by atoms with Gasteiger partial charge in [0.2, 0.25) is 0 Å². The number of hydrogen-bond donors (Lipinski definition) is 0. The van der Waals surface area contributed by atoms with Crippen LogP contribution >= 0.6 is 0 Å². The number of benzene rings is 9. The van der Waals surface area contributed by atoms with Crippen LogP contribution in [0.15, 0.2) is 207 Å². The second-order valence-electron chi connectivity index (χ2n) is 17.9. The third-order valence-corrected chi connectivity index (χ3v) is 13.9. The van der Waals surface area contributed by atoms with Gasteiger partial charge in [0.25, 0.3) is 0 Å². The minimum absolute atomic E-state index is 0.246. The van der Waals surface area contributed by atoms with Crippen LogP contribution in [0.3, 0.4) is 0 Å². The molecule has 3 aromatic heterocycles. The first-order valence-electron chi connectivity index (χ1n) is 23.5. The summed E-state index contributed by atoms with van der Waals surface area (Å²) in [5.74, 6) is 0. The molecule has 0 radical (unpaired) electrons. The van der Waals surface area contributed by atoms with Crippen molar-refractivity contribution >= 4 is 43.6 Å². The van der Waals surface area contributed by atoms with Crippen LogP contribution in [-0.4, -0.2) is 14.1 Å². The fourth-order valence-electron chi connectivity index (χ4n) is 10.5. The van der Waals surface area contributed by atoms with Crippen molar-refractivity contribution in [2.45, 2.75) is 6.18 Å². The molecule has 12 aromatic rings. The molecule has 0 fully saturated rings. The van der Waals surface area contributed by atoms with Gasteiger partial charge in [0.1, 0.15) is 0 Å². The van der Waals surface area contributed by atoms with Crippen molar-refractivity contribution in [3.05, 3.63) is 234 Å². The molecule has 0 atom stereocenters. The summed E-state index contributed by atoms with van der Waals surface area (Å²) in [6.07, 6.45) is -1.37. The molecule has 0 aliphatic carbocycles. The maximum atomic E-state index is 15.1. The van der Waals surface area contributed by atoms with Crippen LogP contribution in [0.25, 0.3) is 111 Å². The van der Waals surface area contributed by atoms with Crippen molar-refractivity contribution in [2.24, 2.45) is 0 Å². The normalized spacial score (nSPS) is 11.4. The number of halogens is 3. The Hall–Kier alpha value is -10.5. The lowest BCUT2D eigenvalue weighted by atomic mass is 9.96. The van der Waals surface area contributed by atoms with Crippen LogP contribution in [0.5, 0.6) is 0 Å². The molecular formula is C64H34F3N7. The first-order valence-corrected chi connectivity index (χ1v) is 23.5. The lowest BCUT2D eigenvalue weighted by molar-refractivity contribution is -0.137. The van der Waals surface area contributed by atoms with E-state index in [-0.39, 0.29) is 5.69 Å². The van der Waals surface area contributed by atoms with Gasteiger partial charge in [0.15, 0.2) is 0 Å². The highest BCUT2D eigenvalue weighted by Crippen LogP contribution is 2.45. The Balaban J connectivity index is 1.14. The summed E-state index contributed by atoms with van der Waals surface area (Å²) >= 11 is 0. The molecule has 74 heavy (non-hydrogen) atoms. The zero-order chi connectivity index (χ0) is 50.7. The minimum Gasteiger partial charge on any atom is -0.309 e. The van der Waals surface area contributed by atoms with Crippen LogP contribution in [0.2, 0.25) is 0 Å². The molecule has 0 aliphatic rings. The van der Waals surface area contributed by atoms with Gasteiger partial charge < -0.3 is 9.13 Å². The number of pyridine rings is 1. The predicted molar refractivity (Wildman–Crippen MR) is 284 cm³/mol. The number of rotatable bonds is 7. The molecule has 3 heterocycles. The first-order chi connectivity index (χ1) is 36.2. The average Bonchev–Trinajstić information content (AvgIpc) is 3.96. The zero-order valence-electron chi connectivity index (χ0n) is 38.9. The molecule has 7 nitrogen and oxygen atoms in total. The van der Waals surface area contributed by atoms with Gasteiger partial charge in [0.05, 0.1) is 85.5 Å². The van der Waals surface area contributed by atoms with Crippen molar-refractivity contribution in [3.8, 4) is 91.3 Å². The van der Waals surface area contributed by atoms with Crippen molar-refractivity contribution < 1.29 is 13.2 Å². The van der Waals surface area contributed by atoms with Crippen LogP contribution in [0.4, 0.5) is 13.2 Å². The molecule has 0 unspecified atom stereocenters. The van der Waals surface area contributed by atoms with Crippen molar-refractivity contribution in [1.82, 2.24) is 14.1 Å². The Bertz CT molecular complexity index is 4260. The number of alkyl halides is 3. The summed E-state index contributed by atoms with van der Waals surface area (Å²) in [6.45, 7) is 0. The summed E-state index contributed by atoms with van der Waals surface area (Å²) in [6, 6.07) is 67.7. The third-order valence-electron chi connectivity index (χ3n) is 13.9. The standard InChI is InChI=1S/C64H34F3N7/c65-64(66,67)47-21-22-52(63(33-47)74-60-25-19-41(50-15-7-3-11-45(50)36-70)31-55(60)56-32-42(20-26-61(56)74)51-16-8-4-12-46(51)37-71)57-38-72-28-27-62(57)73-58-23-17-39(48-13-5-1-9-43(48)34-68)29-53(58)54-30-40(18-24-59(54)73)49-14-6-2-10-44(49)35-69/h1-33,38H. The highest BCUT2D eigenvalue weighted by molar-refractivity contribution is 6.14. The van der Waals surface area contributed by atoms with E-state index in [0.29, 0.717) is 61.2 Å². The zero-order valence-corrected chi connectivity index (χ0v) is 38.9. The highest BCUT2D eigenvalue weighted by Gasteiger charge is 2.33. The van der Waals surface area contributed by atoms with Gasteiger partial charge >= 0.3 is 6.18 Å². The Morgan fingerprint density at radius 2 is 0.703 bits per heavy atom. The van der Waals surface area contributed by atoms with Gasteiger partial charge in [-0.05, 0) is 136 Å². The SMILES string of the molecule is N#Cc1ccccc1-c1ccc2c(c1)c1cc(-c3ccccc3C#N)ccc1n2-c1ccncc1-c1ccc(C(F)(F)F)cc1-n1c2ccc(-c3ccccc3C#N)cc2c2cc(-c3ccccc3C#N)ccc21. The summed E-state index contributed by atoms with van der Waals surface area (Å²) in [4.78, 5) is 4.62. The van der Waals surface area contributed by atoms with E-state index in [9.17, 15) is 21.0 Å². The van der Waals surface area contributed by atoms with Gasteiger partial charge in [-0.3, -0.25) is 4.98 Å². The molecule has 0 amide bonds. The fraction of sp³-hybridized carbons (Fsp3) is 0.0156. The first kappa shape index (κ1) is 44.7. The molecule has 0 aliphatic heterocycles. The Morgan fingerprint density at radius 1 is 0.351 bits per heavy atom. The van der Waals surface area contributed by atoms with Crippen molar-refractivity contribution in [2.75, 3.05) is 0 Å². The maximum Gasteiger partial charge on any atom is 0.416 e. The molecule has 0 N–H and O–H groups in total. The van der Waals surface area contributed by atoms with E-state index in [0.717, 1.165) is 72.0 Å². The van der Waals surface area contributed by atoms with E-state index in [1.807, 2.05) is 132 Å². The highest BCUT2D eigenvalue weighted by atomic mass is 19.4. The number of fused-ring (bicyclic) bond motifs is 6. The smallest absolute Gasteiger partial charge is 0.309 e. The maximum absolute atomic E-state index is 15.1. The number of nitrogens with zero attached hydrogens (tertiary/aromatic N) is 7. The molecule has 12 rings (SSSR count). The lowest BCUT2D eigenvalue weighted by Gasteiger charge is -2.20. The molecule has 9 aromatic carbocycles.